The molecule has 2 aromatic rings. The van der Waals surface area contributed by atoms with Crippen molar-refractivity contribution in [2.45, 2.75) is 18.9 Å². The minimum absolute atomic E-state index is 0.692. The monoisotopic (exact) mass is 158 g/mol. The van der Waals surface area contributed by atoms with Crippen LogP contribution in [0, 0.1) is 0 Å². The van der Waals surface area contributed by atoms with Crippen molar-refractivity contribution in [2.75, 3.05) is 0 Å². The lowest BCUT2D eigenvalue weighted by Crippen LogP contribution is -1.92. The van der Waals surface area contributed by atoms with Crippen molar-refractivity contribution in [2.24, 2.45) is 0 Å². The van der Waals surface area contributed by atoms with Crippen molar-refractivity contribution >= 4 is 10.9 Å². The quantitative estimate of drug-likeness (QED) is 0.623. The number of nitrogens with zero attached hydrogens (tertiary/aromatic N) is 2. The molecule has 1 saturated carbocycles. The summed E-state index contributed by atoms with van der Waals surface area (Å²) in [6, 6.07) is 8.96. The first-order valence-electron chi connectivity index (χ1n) is 4.37. The third-order valence-corrected chi connectivity index (χ3v) is 2.35. The summed E-state index contributed by atoms with van der Waals surface area (Å²) in [7, 11) is 0. The Morgan fingerprint density at radius 2 is 2.08 bits per heavy atom. The zero-order valence-corrected chi connectivity index (χ0v) is 6.77. The molecule has 12 heavy (non-hydrogen) atoms. The number of hydrogen-bond donors (Lipinski definition) is 0. The molecule has 0 bridgehead atoms. The van der Waals surface area contributed by atoms with Gasteiger partial charge in [0.15, 0.2) is 0 Å². The zero-order chi connectivity index (χ0) is 7.97. The third kappa shape index (κ3) is 0.843. The first kappa shape index (κ1) is 6.23. The molecule has 1 heterocycles. The van der Waals surface area contributed by atoms with Gasteiger partial charge in [-0.25, -0.2) is 0 Å². The van der Waals surface area contributed by atoms with Crippen LogP contribution in [0.15, 0.2) is 30.5 Å². The van der Waals surface area contributed by atoms with Crippen molar-refractivity contribution in [3.63, 3.8) is 0 Å². The SMILES string of the molecule is c1ccc2nn(C3CC3)cc2c1. The van der Waals surface area contributed by atoms with Gasteiger partial charge < -0.3 is 0 Å². The highest BCUT2D eigenvalue weighted by atomic mass is 15.3. The maximum Gasteiger partial charge on any atom is 0.0923 e. The van der Waals surface area contributed by atoms with Crippen molar-refractivity contribution in [3.05, 3.63) is 30.5 Å². The van der Waals surface area contributed by atoms with Crippen molar-refractivity contribution in [1.29, 1.82) is 0 Å². The summed E-state index contributed by atoms with van der Waals surface area (Å²) < 4.78 is 2.10. The third-order valence-electron chi connectivity index (χ3n) is 2.35. The summed E-state index contributed by atoms with van der Waals surface area (Å²) in [6.07, 6.45) is 4.75. The highest BCUT2D eigenvalue weighted by Crippen LogP contribution is 2.34. The normalized spacial score (nSPS) is 17.0. The molecule has 1 aromatic carbocycles. The fourth-order valence-corrected chi connectivity index (χ4v) is 1.51. The minimum Gasteiger partial charge on any atom is -0.268 e. The minimum atomic E-state index is 0.692. The van der Waals surface area contributed by atoms with E-state index >= 15 is 0 Å². The van der Waals surface area contributed by atoms with Crippen LogP contribution in [0.2, 0.25) is 0 Å². The zero-order valence-electron chi connectivity index (χ0n) is 6.77. The topological polar surface area (TPSA) is 17.8 Å². The molecule has 2 nitrogen and oxygen atoms in total. The molecule has 1 aliphatic carbocycles. The van der Waals surface area contributed by atoms with Gasteiger partial charge in [-0.2, -0.15) is 5.10 Å². The predicted octanol–water partition coefficient (Wildman–Crippen LogP) is 2.37. The Balaban J connectivity index is 2.23. The molecule has 0 saturated heterocycles. The van der Waals surface area contributed by atoms with E-state index in [1.165, 1.54) is 18.2 Å². The van der Waals surface area contributed by atoms with Crippen LogP contribution in [-0.2, 0) is 0 Å². The molecule has 1 fully saturated rings. The van der Waals surface area contributed by atoms with E-state index in [1.807, 2.05) is 6.07 Å². The van der Waals surface area contributed by atoms with E-state index in [9.17, 15) is 0 Å². The molecule has 1 aliphatic rings. The fourth-order valence-electron chi connectivity index (χ4n) is 1.51. The van der Waals surface area contributed by atoms with Crippen LogP contribution >= 0.6 is 0 Å². The Bertz CT molecular complexity index is 379. The molecule has 0 amide bonds. The van der Waals surface area contributed by atoms with Gasteiger partial charge in [0, 0.05) is 11.6 Å². The Labute approximate surface area is 70.8 Å². The van der Waals surface area contributed by atoms with Crippen molar-refractivity contribution < 1.29 is 0 Å². The standard InChI is InChI=1S/C10H10N2/c1-2-4-10-8(3-1)7-12(11-10)9-5-6-9/h1-4,7,9H,5-6H2. The van der Waals surface area contributed by atoms with Gasteiger partial charge in [-0.1, -0.05) is 18.2 Å². The van der Waals surface area contributed by atoms with Crippen LogP contribution in [0.3, 0.4) is 0 Å². The first-order valence-corrected chi connectivity index (χ1v) is 4.37. The molecule has 0 atom stereocenters. The van der Waals surface area contributed by atoms with Gasteiger partial charge in [0.1, 0.15) is 0 Å². The lowest BCUT2D eigenvalue weighted by Gasteiger charge is -1.91. The number of rotatable bonds is 1. The van der Waals surface area contributed by atoms with Crippen LogP contribution < -0.4 is 0 Å². The largest absolute Gasteiger partial charge is 0.268 e. The van der Waals surface area contributed by atoms with Gasteiger partial charge in [-0.15, -0.1) is 0 Å². The van der Waals surface area contributed by atoms with Gasteiger partial charge in [-0.3, -0.25) is 4.68 Å². The van der Waals surface area contributed by atoms with E-state index in [-0.39, 0.29) is 0 Å². The van der Waals surface area contributed by atoms with E-state index in [4.69, 9.17) is 0 Å². The lowest BCUT2D eigenvalue weighted by molar-refractivity contribution is 0.649. The van der Waals surface area contributed by atoms with Crippen LogP contribution in [0.1, 0.15) is 18.9 Å². The second-order valence-corrected chi connectivity index (χ2v) is 3.40. The average Bonchev–Trinajstić information content (AvgIpc) is 2.85. The van der Waals surface area contributed by atoms with Gasteiger partial charge in [-0.05, 0) is 18.9 Å². The second kappa shape index (κ2) is 2.09. The summed E-state index contributed by atoms with van der Waals surface area (Å²) in [5.74, 6) is 0. The molecular formula is C10H10N2. The Hall–Kier alpha value is -1.31. The van der Waals surface area contributed by atoms with Crippen molar-refractivity contribution in [3.8, 4) is 0 Å². The maximum absolute atomic E-state index is 4.49. The van der Waals surface area contributed by atoms with E-state index in [0.717, 1.165) is 5.52 Å². The molecule has 1 aromatic heterocycles. The fraction of sp³-hybridized carbons (Fsp3) is 0.300. The molecule has 0 aliphatic heterocycles. The van der Waals surface area contributed by atoms with Gasteiger partial charge >= 0.3 is 0 Å². The van der Waals surface area contributed by atoms with E-state index < -0.39 is 0 Å². The Morgan fingerprint density at radius 1 is 1.25 bits per heavy atom. The molecule has 0 spiro atoms. The van der Waals surface area contributed by atoms with Gasteiger partial charge in [0.25, 0.3) is 0 Å². The predicted molar refractivity (Wildman–Crippen MR) is 48.0 cm³/mol. The molecule has 0 N–H and O–H groups in total. The molecule has 0 unspecified atom stereocenters. The highest BCUT2D eigenvalue weighted by molar-refractivity contribution is 5.77. The first-order chi connectivity index (χ1) is 5.93. The summed E-state index contributed by atoms with van der Waals surface area (Å²) in [5, 5.41) is 5.75. The second-order valence-electron chi connectivity index (χ2n) is 3.40. The van der Waals surface area contributed by atoms with Gasteiger partial charge in [0.2, 0.25) is 0 Å². The van der Waals surface area contributed by atoms with E-state index in [2.05, 4.69) is 34.2 Å². The molecule has 60 valence electrons. The average molecular weight is 158 g/mol. The molecule has 0 radical (unpaired) electrons. The van der Waals surface area contributed by atoms with E-state index in [1.54, 1.807) is 0 Å². The highest BCUT2D eigenvalue weighted by Gasteiger charge is 2.24. The van der Waals surface area contributed by atoms with Crippen LogP contribution in [-0.4, -0.2) is 9.78 Å². The van der Waals surface area contributed by atoms with Crippen molar-refractivity contribution in [1.82, 2.24) is 9.78 Å². The Kier molecular flexibility index (Phi) is 1.09. The molecule has 2 heteroatoms. The summed E-state index contributed by atoms with van der Waals surface area (Å²) >= 11 is 0. The number of hydrogen-bond acceptors (Lipinski definition) is 1. The summed E-state index contributed by atoms with van der Waals surface area (Å²) in [5.41, 5.74) is 1.12. The molecular weight excluding hydrogens is 148 g/mol. The Morgan fingerprint density at radius 3 is 2.83 bits per heavy atom. The maximum atomic E-state index is 4.49. The lowest BCUT2D eigenvalue weighted by atomic mass is 10.3. The van der Waals surface area contributed by atoms with Crippen LogP contribution in [0.5, 0.6) is 0 Å². The number of fused-ring (bicyclic) bond motifs is 1. The molecule has 3 rings (SSSR count). The summed E-state index contributed by atoms with van der Waals surface area (Å²) in [6.45, 7) is 0. The summed E-state index contributed by atoms with van der Waals surface area (Å²) in [4.78, 5) is 0. The van der Waals surface area contributed by atoms with Crippen LogP contribution in [0.25, 0.3) is 10.9 Å². The smallest absolute Gasteiger partial charge is 0.0923 e. The van der Waals surface area contributed by atoms with Gasteiger partial charge in [0.05, 0.1) is 11.6 Å². The number of aromatic nitrogens is 2. The number of benzene rings is 1. The van der Waals surface area contributed by atoms with Crippen LogP contribution in [0.4, 0.5) is 0 Å². The van der Waals surface area contributed by atoms with E-state index in [0.29, 0.717) is 6.04 Å².